The van der Waals surface area contributed by atoms with Gasteiger partial charge in [0.05, 0.1) is 12.8 Å². The molecule has 1 N–H and O–H groups in total. The summed E-state index contributed by atoms with van der Waals surface area (Å²) in [6.45, 7) is 3.07. The van der Waals surface area contributed by atoms with Gasteiger partial charge in [0.1, 0.15) is 6.33 Å². The van der Waals surface area contributed by atoms with E-state index in [-0.39, 0.29) is 0 Å². The van der Waals surface area contributed by atoms with E-state index in [2.05, 4.69) is 22.2 Å². The maximum atomic E-state index is 5.18. The molecule has 70 valence electrons. The number of hydrogen-bond donors (Lipinski definition) is 1. The summed E-state index contributed by atoms with van der Waals surface area (Å²) in [6.07, 6.45) is 2.50. The molecule has 0 saturated carbocycles. The molecule has 1 aliphatic heterocycles. The molecule has 0 saturated heterocycles. The Morgan fingerprint density at radius 3 is 3.15 bits per heavy atom. The van der Waals surface area contributed by atoms with E-state index in [0.717, 1.165) is 30.1 Å². The predicted molar refractivity (Wildman–Crippen MR) is 48.7 cm³/mol. The molecule has 4 heteroatoms. The SMILES string of the molecule is COc1ncnc2c1CCNC2C. The lowest BCUT2D eigenvalue weighted by Gasteiger charge is -2.23. The number of nitrogens with one attached hydrogen (secondary N) is 1. The second-order valence-corrected chi connectivity index (χ2v) is 3.17. The van der Waals surface area contributed by atoms with Crippen molar-refractivity contribution in [2.75, 3.05) is 13.7 Å². The molecule has 0 aromatic carbocycles. The molecule has 0 radical (unpaired) electrons. The zero-order valence-electron chi connectivity index (χ0n) is 7.87. The molecule has 1 aromatic heterocycles. The van der Waals surface area contributed by atoms with Crippen LogP contribution in [0.25, 0.3) is 0 Å². The van der Waals surface area contributed by atoms with E-state index in [0.29, 0.717) is 6.04 Å². The summed E-state index contributed by atoms with van der Waals surface area (Å²) in [4.78, 5) is 8.34. The Kier molecular flexibility index (Phi) is 2.14. The lowest BCUT2D eigenvalue weighted by molar-refractivity contribution is 0.382. The van der Waals surface area contributed by atoms with Gasteiger partial charge < -0.3 is 10.1 Å². The first-order chi connectivity index (χ1) is 6.33. The Bertz CT molecular complexity index is 314. The lowest BCUT2D eigenvalue weighted by Crippen LogP contribution is -2.29. The van der Waals surface area contributed by atoms with Gasteiger partial charge in [0.25, 0.3) is 0 Å². The van der Waals surface area contributed by atoms with Crippen molar-refractivity contribution in [2.45, 2.75) is 19.4 Å². The zero-order chi connectivity index (χ0) is 9.26. The van der Waals surface area contributed by atoms with Crippen LogP contribution in [0.15, 0.2) is 6.33 Å². The summed E-state index contributed by atoms with van der Waals surface area (Å²) in [5.41, 5.74) is 2.22. The summed E-state index contributed by atoms with van der Waals surface area (Å²) in [5, 5.41) is 3.34. The minimum absolute atomic E-state index is 0.306. The first-order valence-corrected chi connectivity index (χ1v) is 4.44. The van der Waals surface area contributed by atoms with Gasteiger partial charge in [-0.15, -0.1) is 0 Å². The van der Waals surface area contributed by atoms with E-state index in [1.165, 1.54) is 0 Å². The number of methoxy groups -OCH3 is 1. The Morgan fingerprint density at radius 2 is 2.38 bits per heavy atom. The quantitative estimate of drug-likeness (QED) is 0.689. The molecule has 1 aliphatic rings. The fraction of sp³-hybridized carbons (Fsp3) is 0.556. The highest BCUT2D eigenvalue weighted by atomic mass is 16.5. The van der Waals surface area contributed by atoms with Crippen molar-refractivity contribution in [3.8, 4) is 5.88 Å². The normalized spacial score (nSPS) is 20.9. The molecule has 13 heavy (non-hydrogen) atoms. The van der Waals surface area contributed by atoms with Crippen LogP contribution in [-0.4, -0.2) is 23.6 Å². The van der Waals surface area contributed by atoms with Crippen LogP contribution in [-0.2, 0) is 6.42 Å². The number of aromatic nitrogens is 2. The van der Waals surface area contributed by atoms with Crippen LogP contribution < -0.4 is 10.1 Å². The second-order valence-electron chi connectivity index (χ2n) is 3.17. The van der Waals surface area contributed by atoms with Crippen LogP contribution in [0.5, 0.6) is 5.88 Å². The van der Waals surface area contributed by atoms with Crippen molar-refractivity contribution < 1.29 is 4.74 Å². The third-order valence-corrected chi connectivity index (χ3v) is 2.37. The number of rotatable bonds is 1. The molecule has 0 aliphatic carbocycles. The summed E-state index contributed by atoms with van der Waals surface area (Å²) in [5.74, 6) is 0.721. The fourth-order valence-electron chi connectivity index (χ4n) is 1.70. The zero-order valence-corrected chi connectivity index (χ0v) is 7.87. The molecule has 2 heterocycles. The number of ether oxygens (including phenoxy) is 1. The summed E-state index contributed by atoms with van der Waals surface area (Å²) >= 11 is 0. The van der Waals surface area contributed by atoms with E-state index in [1.54, 1.807) is 13.4 Å². The second kappa shape index (κ2) is 3.30. The van der Waals surface area contributed by atoms with E-state index in [9.17, 15) is 0 Å². The molecule has 0 spiro atoms. The standard InChI is InChI=1S/C9H13N3O/c1-6-8-7(3-4-10-6)9(13-2)12-5-11-8/h5-6,10H,3-4H2,1-2H3. The van der Waals surface area contributed by atoms with Crippen LogP contribution in [0.4, 0.5) is 0 Å². The van der Waals surface area contributed by atoms with E-state index < -0.39 is 0 Å². The van der Waals surface area contributed by atoms with Crippen LogP contribution in [0, 0.1) is 0 Å². The van der Waals surface area contributed by atoms with Crippen molar-refractivity contribution in [3.05, 3.63) is 17.6 Å². The Hall–Kier alpha value is -1.16. The molecule has 0 fully saturated rings. The minimum Gasteiger partial charge on any atom is -0.481 e. The van der Waals surface area contributed by atoms with E-state index >= 15 is 0 Å². The number of fused-ring (bicyclic) bond motifs is 1. The van der Waals surface area contributed by atoms with Gasteiger partial charge >= 0.3 is 0 Å². The molecular weight excluding hydrogens is 166 g/mol. The topological polar surface area (TPSA) is 47.0 Å². The molecule has 1 unspecified atom stereocenters. The van der Waals surface area contributed by atoms with Gasteiger partial charge in [0.2, 0.25) is 5.88 Å². The Labute approximate surface area is 77.4 Å². The highest BCUT2D eigenvalue weighted by Crippen LogP contribution is 2.25. The average Bonchev–Trinajstić information content (AvgIpc) is 2.18. The monoisotopic (exact) mass is 179 g/mol. The van der Waals surface area contributed by atoms with Crippen LogP contribution >= 0.6 is 0 Å². The Morgan fingerprint density at radius 1 is 1.54 bits per heavy atom. The molecule has 0 amide bonds. The van der Waals surface area contributed by atoms with Crippen molar-refractivity contribution in [2.24, 2.45) is 0 Å². The van der Waals surface area contributed by atoms with E-state index in [4.69, 9.17) is 4.74 Å². The molecular formula is C9H13N3O. The van der Waals surface area contributed by atoms with Crippen molar-refractivity contribution in [1.82, 2.24) is 15.3 Å². The van der Waals surface area contributed by atoms with Crippen LogP contribution in [0.3, 0.4) is 0 Å². The van der Waals surface area contributed by atoms with Gasteiger partial charge in [-0.3, -0.25) is 0 Å². The van der Waals surface area contributed by atoms with Crippen molar-refractivity contribution in [1.29, 1.82) is 0 Å². The summed E-state index contributed by atoms with van der Waals surface area (Å²) in [7, 11) is 1.65. The maximum absolute atomic E-state index is 5.18. The Balaban J connectivity index is 2.48. The first-order valence-electron chi connectivity index (χ1n) is 4.44. The summed E-state index contributed by atoms with van der Waals surface area (Å²) in [6, 6.07) is 0.306. The van der Waals surface area contributed by atoms with Gasteiger partial charge in [-0.1, -0.05) is 0 Å². The highest BCUT2D eigenvalue weighted by molar-refractivity contribution is 5.33. The van der Waals surface area contributed by atoms with Crippen LogP contribution in [0.2, 0.25) is 0 Å². The van der Waals surface area contributed by atoms with Gasteiger partial charge in [-0.05, 0) is 13.3 Å². The number of hydrogen-bond acceptors (Lipinski definition) is 4. The molecule has 0 bridgehead atoms. The van der Waals surface area contributed by atoms with Gasteiger partial charge in [-0.2, -0.15) is 0 Å². The molecule has 4 nitrogen and oxygen atoms in total. The third kappa shape index (κ3) is 1.37. The minimum atomic E-state index is 0.306. The average molecular weight is 179 g/mol. The predicted octanol–water partition coefficient (Wildman–Crippen LogP) is 0.692. The maximum Gasteiger partial charge on any atom is 0.219 e. The van der Waals surface area contributed by atoms with Gasteiger partial charge in [0.15, 0.2) is 0 Å². The third-order valence-electron chi connectivity index (χ3n) is 2.37. The molecule has 2 rings (SSSR count). The van der Waals surface area contributed by atoms with Crippen molar-refractivity contribution >= 4 is 0 Å². The van der Waals surface area contributed by atoms with Gasteiger partial charge in [0, 0.05) is 18.2 Å². The lowest BCUT2D eigenvalue weighted by atomic mass is 10.0. The summed E-state index contributed by atoms with van der Waals surface area (Å²) < 4.78 is 5.18. The highest BCUT2D eigenvalue weighted by Gasteiger charge is 2.20. The molecule has 1 atom stereocenters. The first kappa shape index (κ1) is 8.44. The largest absolute Gasteiger partial charge is 0.481 e. The molecule has 1 aromatic rings. The van der Waals surface area contributed by atoms with E-state index in [1.807, 2.05) is 0 Å². The van der Waals surface area contributed by atoms with Crippen molar-refractivity contribution in [3.63, 3.8) is 0 Å². The van der Waals surface area contributed by atoms with Gasteiger partial charge in [-0.25, -0.2) is 9.97 Å². The smallest absolute Gasteiger partial charge is 0.219 e. The van der Waals surface area contributed by atoms with Crippen LogP contribution in [0.1, 0.15) is 24.2 Å². The fourth-order valence-corrected chi connectivity index (χ4v) is 1.70. The number of nitrogens with zero attached hydrogens (tertiary/aromatic N) is 2.